The number of nitrogens with one attached hydrogen (secondary N) is 1. The van der Waals surface area contributed by atoms with Crippen molar-refractivity contribution in [2.75, 3.05) is 0 Å². The predicted molar refractivity (Wildman–Crippen MR) is 75.0 cm³/mol. The smallest absolute Gasteiger partial charge is 0.237 e. The second-order valence-corrected chi connectivity index (χ2v) is 6.32. The lowest BCUT2D eigenvalue weighted by atomic mass is 9.99. The van der Waals surface area contributed by atoms with Gasteiger partial charge in [-0.25, -0.2) is 0 Å². The first-order valence-corrected chi connectivity index (χ1v) is 6.55. The normalized spacial score (nSPS) is 16.8. The Morgan fingerprint density at radius 3 is 2.79 bits per heavy atom. The van der Waals surface area contributed by atoms with E-state index < -0.39 is 5.54 Å². The highest BCUT2D eigenvalue weighted by Crippen LogP contribution is 2.35. The van der Waals surface area contributed by atoms with E-state index >= 15 is 0 Å². The number of amides is 1. The Hall–Kier alpha value is -1.55. The molecule has 0 unspecified atom stereocenters. The van der Waals surface area contributed by atoms with Crippen molar-refractivity contribution >= 4 is 5.91 Å². The molecule has 19 heavy (non-hydrogen) atoms. The first-order valence-electron chi connectivity index (χ1n) is 6.55. The van der Waals surface area contributed by atoms with Crippen LogP contribution < -0.4 is 15.8 Å². The van der Waals surface area contributed by atoms with Gasteiger partial charge < -0.3 is 10.5 Å². The number of primary amides is 1. The molecule has 1 heterocycles. The van der Waals surface area contributed by atoms with E-state index in [1.807, 2.05) is 12.1 Å². The zero-order valence-corrected chi connectivity index (χ0v) is 12.0. The van der Waals surface area contributed by atoms with Gasteiger partial charge >= 0.3 is 0 Å². The maximum Gasteiger partial charge on any atom is 0.237 e. The first kappa shape index (κ1) is 13.9. The second kappa shape index (κ2) is 4.53. The van der Waals surface area contributed by atoms with Crippen LogP contribution in [-0.2, 0) is 17.8 Å². The summed E-state index contributed by atoms with van der Waals surface area (Å²) in [4.78, 5) is 11.3. The van der Waals surface area contributed by atoms with Crippen molar-refractivity contribution in [2.24, 2.45) is 5.73 Å². The highest BCUT2D eigenvalue weighted by Gasteiger charge is 2.30. The second-order valence-electron chi connectivity index (χ2n) is 6.32. The summed E-state index contributed by atoms with van der Waals surface area (Å²) in [5, 5.41) is 3.17. The highest BCUT2D eigenvalue weighted by atomic mass is 16.5. The monoisotopic (exact) mass is 262 g/mol. The van der Waals surface area contributed by atoms with Gasteiger partial charge in [0, 0.05) is 13.0 Å². The van der Waals surface area contributed by atoms with Gasteiger partial charge in [0.2, 0.25) is 5.91 Å². The Morgan fingerprint density at radius 1 is 1.47 bits per heavy atom. The van der Waals surface area contributed by atoms with Crippen LogP contribution in [0.2, 0.25) is 0 Å². The number of nitrogens with two attached hydrogens (primary N) is 1. The van der Waals surface area contributed by atoms with E-state index in [-0.39, 0.29) is 11.5 Å². The largest absolute Gasteiger partial charge is 0.487 e. The zero-order chi connectivity index (χ0) is 14.3. The third-order valence-electron chi connectivity index (χ3n) is 3.48. The number of hydrogen-bond acceptors (Lipinski definition) is 3. The molecule has 1 amide bonds. The molecule has 1 aliphatic rings. The molecule has 0 bridgehead atoms. The Bertz CT molecular complexity index is 507. The Balaban J connectivity index is 2.07. The molecule has 0 saturated heterocycles. The van der Waals surface area contributed by atoms with Gasteiger partial charge in [0.15, 0.2) is 0 Å². The van der Waals surface area contributed by atoms with E-state index in [0.717, 1.165) is 17.7 Å². The number of hydrogen-bond donors (Lipinski definition) is 2. The summed E-state index contributed by atoms with van der Waals surface area (Å²) in [6.45, 7) is 8.36. The minimum absolute atomic E-state index is 0.124. The summed E-state index contributed by atoms with van der Waals surface area (Å²) >= 11 is 0. The molecule has 4 nitrogen and oxygen atoms in total. The molecule has 0 saturated carbocycles. The van der Waals surface area contributed by atoms with Crippen molar-refractivity contribution in [3.05, 3.63) is 29.3 Å². The van der Waals surface area contributed by atoms with Crippen LogP contribution >= 0.6 is 0 Å². The van der Waals surface area contributed by atoms with Crippen LogP contribution in [0, 0.1) is 0 Å². The highest BCUT2D eigenvalue weighted by molar-refractivity contribution is 5.83. The fraction of sp³-hybridized carbons (Fsp3) is 0.533. The van der Waals surface area contributed by atoms with Crippen LogP contribution in [0.3, 0.4) is 0 Å². The van der Waals surface area contributed by atoms with E-state index in [4.69, 9.17) is 10.5 Å². The fourth-order valence-corrected chi connectivity index (χ4v) is 2.18. The van der Waals surface area contributed by atoms with Gasteiger partial charge in [0.05, 0.1) is 5.54 Å². The summed E-state index contributed by atoms with van der Waals surface area (Å²) in [6, 6.07) is 6.15. The molecular weight excluding hydrogens is 240 g/mol. The number of benzene rings is 1. The molecule has 4 heteroatoms. The van der Waals surface area contributed by atoms with Gasteiger partial charge in [-0.15, -0.1) is 0 Å². The van der Waals surface area contributed by atoms with Crippen LogP contribution in [-0.4, -0.2) is 17.0 Å². The van der Waals surface area contributed by atoms with Gasteiger partial charge in [-0.05, 0) is 44.9 Å². The van der Waals surface area contributed by atoms with Crippen LogP contribution in [0.25, 0.3) is 0 Å². The van der Waals surface area contributed by atoms with E-state index in [0.29, 0.717) is 6.54 Å². The molecule has 1 aromatic rings. The molecule has 0 aliphatic carbocycles. The number of rotatable bonds is 4. The third kappa shape index (κ3) is 3.07. The Morgan fingerprint density at radius 2 is 2.16 bits per heavy atom. The summed E-state index contributed by atoms with van der Waals surface area (Å²) in [5.74, 6) is 0.612. The number of carbonyl (C=O) groups excluding carboxylic acids is 1. The Labute approximate surface area is 114 Å². The minimum Gasteiger partial charge on any atom is -0.487 e. The van der Waals surface area contributed by atoms with Crippen molar-refractivity contribution in [3.63, 3.8) is 0 Å². The van der Waals surface area contributed by atoms with Crippen molar-refractivity contribution in [3.8, 4) is 5.75 Å². The van der Waals surface area contributed by atoms with Crippen molar-refractivity contribution in [2.45, 2.75) is 51.8 Å². The van der Waals surface area contributed by atoms with Crippen molar-refractivity contribution in [1.82, 2.24) is 5.32 Å². The zero-order valence-electron chi connectivity index (χ0n) is 12.0. The average Bonchev–Trinajstić information content (AvgIpc) is 2.59. The number of fused-ring (bicyclic) bond motifs is 1. The lowest BCUT2D eigenvalue weighted by Crippen LogP contribution is -2.50. The van der Waals surface area contributed by atoms with Gasteiger partial charge in [0.25, 0.3) is 0 Å². The van der Waals surface area contributed by atoms with E-state index in [1.54, 1.807) is 13.8 Å². The molecule has 0 fully saturated rings. The van der Waals surface area contributed by atoms with Crippen molar-refractivity contribution in [1.29, 1.82) is 0 Å². The first-order chi connectivity index (χ1) is 8.70. The van der Waals surface area contributed by atoms with Crippen LogP contribution in [0.1, 0.15) is 38.8 Å². The predicted octanol–water partition coefficient (Wildman–Crippen LogP) is 1.75. The summed E-state index contributed by atoms with van der Waals surface area (Å²) in [6.07, 6.45) is 0.912. The summed E-state index contributed by atoms with van der Waals surface area (Å²) in [7, 11) is 0. The number of carbonyl (C=O) groups is 1. The average molecular weight is 262 g/mol. The molecule has 1 aliphatic heterocycles. The SMILES string of the molecule is CC1(C)Cc2cc(CNC(C)(C)C(N)=O)ccc2O1. The summed E-state index contributed by atoms with van der Waals surface area (Å²) in [5.41, 5.74) is 6.87. The quantitative estimate of drug-likeness (QED) is 0.869. The topological polar surface area (TPSA) is 64.3 Å². The third-order valence-corrected chi connectivity index (χ3v) is 3.48. The van der Waals surface area contributed by atoms with Crippen molar-refractivity contribution < 1.29 is 9.53 Å². The van der Waals surface area contributed by atoms with Gasteiger partial charge in [-0.2, -0.15) is 0 Å². The maximum absolute atomic E-state index is 11.3. The lowest BCUT2D eigenvalue weighted by molar-refractivity contribution is -0.123. The number of ether oxygens (including phenoxy) is 1. The van der Waals surface area contributed by atoms with E-state index in [2.05, 4.69) is 25.2 Å². The molecular formula is C15H22N2O2. The molecule has 3 N–H and O–H groups in total. The van der Waals surface area contributed by atoms with Crippen LogP contribution in [0.4, 0.5) is 0 Å². The molecule has 0 atom stereocenters. The van der Waals surface area contributed by atoms with Crippen LogP contribution in [0.5, 0.6) is 5.75 Å². The summed E-state index contributed by atoms with van der Waals surface area (Å²) < 4.78 is 5.84. The van der Waals surface area contributed by atoms with Gasteiger partial charge in [0.1, 0.15) is 11.4 Å². The van der Waals surface area contributed by atoms with Crippen LogP contribution in [0.15, 0.2) is 18.2 Å². The van der Waals surface area contributed by atoms with E-state index in [9.17, 15) is 4.79 Å². The molecule has 0 aromatic heterocycles. The molecule has 2 rings (SSSR count). The molecule has 104 valence electrons. The lowest BCUT2D eigenvalue weighted by Gasteiger charge is -2.22. The molecule has 0 spiro atoms. The molecule has 0 radical (unpaired) electrons. The fourth-order valence-electron chi connectivity index (χ4n) is 2.18. The van der Waals surface area contributed by atoms with Gasteiger partial charge in [-0.1, -0.05) is 12.1 Å². The standard InChI is InChI=1S/C15H22N2O2/c1-14(2)8-11-7-10(5-6-12(11)19-14)9-17-15(3,4)13(16)18/h5-7,17H,8-9H2,1-4H3,(H2,16,18). The molecule has 1 aromatic carbocycles. The van der Waals surface area contributed by atoms with E-state index in [1.165, 1.54) is 5.56 Å². The minimum atomic E-state index is -0.700. The maximum atomic E-state index is 11.3. The van der Waals surface area contributed by atoms with Gasteiger partial charge in [-0.3, -0.25) is 10.1 Å². The Kier molecular flexibility index (Phi) is 3.31.